The molecular weight excluding hydrogens is 464 g/mol. The number of fused-ring (bicyclic) bond motifs is 1. The molecule has 1 N–H and O–H groups in total. The molecule has 184 valence electrons. The van der Waals surface area contributed by atoms with Crippen molar-refractivity contribution < 1.29 is 27.1 Å². The number of hydrogen-bond donors (Lipinski definition) is 1. The molecule has 0 atom stereocenters. The molecule has 1 fully saturated rings. The van der Waals surface area contributed by atoms with Gasteiger partial charge in [-0.3, -0.25) is 4.79 Å². The molecule has 2 aliphatic rings. The van der Waals surface area contributed by atoms with Crippen LogP contribution in [0.5, 0.6) is 0 Å². The summed E-state index contributed by atoms with van der Waals surface area (Å²) in [5, 5.41) is 7.23. The smallest absolute Gasteiger partial charge is 0.378 e. The maximum Gasteiger partial charge on any atom is 0.416 e. The van der Waals surface area contributed by atoms with Gasteiger partial charge in [0.25, 0.3) is 5.91 Å². The van der Waals surface area contributed by atoms with Crippen molar-refractivity contribution in [3.63, 3.8) is 0 Å². The lowest BCUT2D eigenvalue weighted by molar-refractivity contribution is -0.137. The second-order valence-corrected chi connectivity index (χ2v) is 8.65. The molecule has 3 aromatic rings. The van der Waals surface area contributed by atoms with Crippen LogP contribution in [0, 0.1) is 5.82 Å². The van der Waals surface area contributed by atoms with Crippen molar-refractivity contribution in [3.8, 4) is 5.69 Å². The zero-order valence-electron chi connectivity index (χ0n) is 18.9. The Hall–Kier alpha value is -3.40. The van der Waals surface area contributed by atoms with Crippen molar-refractivity contribution in [2.24, 2.45) is 0 Å². The lowest BCUT2D eigenvalue weighted by atomic mass is 9.95. The molecule has 10 heteroatoms. The van der Waals surface area contributed by atoms with Crippen LogP contribution in [-0.2, 0) is 23.8 Å². The molecule has 1 aromatic heterocycles. The van der Waals surface area contributed by atoms with Crippen LogP contribution >= 0.6 is 0 Å². The van der Waals surface area contributed by atoms with Gasteiger partial charge in [0, 0.05) is 24.3 Å². The van der Waals surface area contributed by atoms with Crippen LogP contribution in [0.15, 0.2) is 42.5 Å². The van der Waals surface area contributed by atoms with Crippen molar-refractivity contribution in [3.05, 3.63) is 70.8 Å². The van der Waals surface area contributed by atoms with E-state index in [-0.39, 0.29) is 17.2 Å². The summed E-state index contributed by atoms with van der Waals surface area (Å²) in [6, 6.07) is 9.19. The van der Waals surface area contributed by atoms with Crippen LogP contribution < -0.4 is 10.2 Å². The summed E-state index contributed by atoms with van der Waals surface area (Å²) in [6.45, 7) is 1.90. The van der Waals surface area contributed by atoms with Crippen molar-refractivity contribution in [2.45, 2.75) is 31.9 Å². The van der Waals surface area contributed by atoms with Crippen molar-refractivity contribution in [2.75, 3.05) is 36.5 Å². The molecule has 0 unspecified atom stereocenters. The number of nitrogens with one attached hydrogen (secondary N) is 1. The van der Waals surface area contributed by atoms with Gasteiger partial charge in [0.1, 0.15) is 5.82 Å². The molecule has 1 aliphatic heterocycles. The van der Waals surface area contributed by atoms with E-state index in [0.29, 0.717) is 50.5 Å². The van der Waals surface area contributed by atoms with E-state index in [1.807, 2.05) is 4.90 Å². The first-order valence-corrected chi connectivity index (χ1v) is 11.5. The van der Waals surface area contributed by atoms with Crippen LogP contribution in [-0.4, -0.2) is 42.0 Å². The molecule has 0 bridgehead atoms. The maximum absolute atomic E-state index is 13.5. The van der Waals surface area contributed by atoms with E-state index in [9.17, 15) is 22.4 Å². The monoisotopic (exact) mass is 488 g/mol. The average molecular weight is 488 g/mol. The molecular formula is C25H24F4N4O2. The largest absolute Gasteiger partial charge is 0.416 e. The molecule has 2 aromatic carbocycles. The van der Waals surface area contributed by atoms with Gasteiger partial charge >= 0.3 is 6.18 Å². The zero-order valence-corrected chi connectivity index (χ0v) is 18.9. The fourth-order valence-electron chi connectivity index (χ4n) is 4.65. The number of amides is 1. The first-order chi connectivity index (χ1) is 16.8. The number of nitrogens with zero attached hydrogens (tertiary/aromatic N) is 3. The van der Waals surface area contributed by atoms with E-state index in [1.54, 1.807) is 16.8 Å². The fourth-order valence-corrected chi connectivity index (χ4v) is 4.65. The lowest BCUT2D eigenvalue weighted by Gasteiger charge is -2.31. The second-order valence-electron chi connectivity index (χ2n) is 8.65. The van der Waals surface area contributed by atoms with Gasteiger partial charge in [-0.2, -0.15) is 18.3 Å². The standard InChI is InChI=1S/C25H24F4N4O2/c26-17-6-8-18(9-7-17)33-21-4-2-1-3-19(21)23(31-33)24(34)30-20-15-16(25(27,28)29)5-10-22(20)32-11-13-35-14-12-32/h5-10,15H,1-4,11-14H2,(H,30,34). The zero-order chi connectivity index (χ0) is 24.6. The Kier molecular flexibility index (Phi) is 6.22. The van der Waals surface area contributed by atoms with E-state index in [2.05, 4.69) is 10.4 Å². The number of alkyl halides is 3. The molecule has 2 heterocycles. The Labute approximate surface area is 199 Å². The van der Waals surface area contributed by atoms with Crippen LogP contribution in [0.2, 0.25) is 0 Å². The first-order valence-electron chi connectivity index (χ1n) is 11.5. The normalized spacial score (nSPS) is 16.2. The number of morpholine rings is 1. The van der Waals surface area contributed by atoms with Gasteiger partial charge in [0.05, 0.1) is 35.8 Å². The minimum absolute atomic E-state index is 0.0765. The predicted octanol–water partition coefficient (Wildman–Crippen LogP) is 5.00. The molecule has 35 heavy (non-hydrogen) atoms. The summed E-state index contributed by atoms with van der Waals surface area (Å²) in [5.41, 5.74) is 2.17. The van der Waals surface area contributed by atoms with E-state index in [4.69, 9.17) is 4.74 Å². The Morgan fingerprint density at radius 2 is 1.71 bits per heavy atom. The van der Waals surface area contributed by atoms with Gasteiger partial charge in [0.2, 0.25) is 0 Å². The SMILES string of the molecule is O=C(Nc1cc(C(F)(F)F)ccc1N1CCOCC1)c1nn(-c2ccc(F)cc2)c2c1CCCC2. The molecule has 6 nitrogen and oxygen atoms in total. The summed E-state index contributed by atoms with van der Waals surface area (Å²) in [6.07, 6.45) is -1.40. The quantitative estimate of drug-likeness (QED) is 0.526. The van der Waals surface area contributed by atoms with E-state index in [0.717, 1.165) is 36.2 Å². The third kappa shape index (κ3) is 4.75. The van der Waals surface area contributed by atoms with E-state index in [1.165, 1.54) is 18.2 Å². The number of rotatable bonds is 4. The maximum atomic E-state index is 13.5. The topological polar surface area (TPSA) is 59.4 Å². The third-order valence-corrected chi connectivity index (χ3v) is 6.39. The Balaban J connectivity index is 1.52. The minimum atomic E-state index is -4.55. The van der Waals surface area contributed by atoms with Crippen LogP contribution in [0.3, 0.4) is 0 Å². The molecule has 0 saturated carbocycles. The van der Waals surface area contributed by atoms with Crippen LogP contribution in [0.25, 0.3) is 5.69 Å². The number of anilines is 2. The Morgan fingerprint density at radius 1 is 1.00 bits per heavy atom. The third-order valence-electron chi connectivity index (χ3n) is 6.39. The molecule has 5 rings (SSSR count). The van der Waals surface area contributed by atoms with Crippen LogP contribution in [0.4, 0.5) is 28.9 Å². The van der Waals surface area contributed by atoms with Gasteiger partial charge in [-0.15, -0.1) is 0 Å². The molecule has 0 spiro atoms. The Morgan fingerprint density at radius 3 is 2.43 bits per heavy atom. The van der Waals surface area contributed by atoms with Crippen molar-refractivity contribution in [1.82, 2.24) is 9.78 Å². The highest BCUT2D eigenvalue weighted by Crippen LogP contribution is 2.36. The predicted molar refractivity (Wildman–Crippen MR) is 123 cm³/mol. The first kappa shape index (κ1) is 23.3. The highest BCUT2D eigenvalue weighted by atomic mass is 19.4. The van der Waals surface area contributed by atoms with Gasteiger partial charge < -0.3 is 15.0 Å². The number of aromatic nitrogens is 2. The Bertz CT molecular complexity index is 1230. The summed E-state index contributed by atoms with van der Waals surface area (Å²) < 4.78 is 60.8. The minimum Gasteiger partial charge on any atom is -0.378 e. The molecule has 0 radical (unpaired) electrons. The highest BCUT2D eigenvalue weighted by Gasteiger charge is 2.32. The van der Waals surface area contributed by atoms with Gasteiger partial charge in [-0.25, -0.2) is 9.07 Å². The van der Waals surface area contributed by atoms with E-state index >= 15 is 0 Å². The summed E-state index contributed by atoms with van der Waals surface area (Å²) in [7, 11) is 0. The average Bonchev–Trinajstić information content (AvgIpc) is 3.24. The highest BCUT2D eigenvalue weighted by molar-refractivity contribution is 6.06. The van der Waals surface area contributed by atoms with Crippen LogP contribution in [0.1, 0.15) is 40.2 Å². The number of ether oxygens (including phenoxy) is 1. The molecule has 1 aliphatic carbocycles. The van der Waals surface area contributed by atoms with Gasteiger partial charge in [-0.1, -0.05) is 0 Å². The van der Waals surface area contributed by atoms with E-state index < -0.39 is 17.6 Å². The molecule has 1 saturated heterocycles. The summed E-state index contributed by atoms with van der Waals surface area (Å²) in [4.78, 5) is 15.3. The number of hydrogen-bond acceptors (Lipinski definition) is 4. The number of carbonyl (C=O) groups excluding carboxylic acids is 1. The summed E-state index contributed by atoms with van der Waals surface area (Å²) >= 11 is 0. The number of carbonyl (C=O) groups is 1. The van der Waals surface area contributed by atoms with Gasteiger partial charge in [-0.05, 0) is 68.1 Å². The summed E-state index contributed by atoms with van der Waals surface area (Å²) in [5.74, 6) is -0.953. The van der Waals surface area contributed by atoms with Crippen molar-refractivity contribution >= 4 is 17.3 Å². The lowest BCUT2D eigenvalue weighted by Crippen LogP contribution is -2.37. The second kappa shape index (κ2) is 9.33. The molecule has 1 amide bonds. The van der Waals surface area contributed by atoms with Crippen molar-refractivity contribution in [1.29, 1.82) is 0 Å². The van der Waals surface area contributed by atoms with Gasteiger partial charge in [0.15, 0.2) is 5.69 Å². The fraction of sp³-hybridized carbons (Fsp3) is 0.360. The number of halogens is 4. The number of benzene rings is 2.